The van der Waals surface area contributed by atoms with E-state index in [1.54, 1.807) is 4.90 Å². The molecule has 1 aliphatic rings. The molecule has 1 fully saturated rings. The van der Waals surface area contributed by atoms with Crippen molar-refractivity contribution in [1.82, 2.24) is 25.0 Å². The molecule has 7 nitrogen and oxygen atoms in total. The monoisotopic (exact) mass is 341 g/mol. The molecule has 0 saturated carbocycles. The van der Waals surface area contributed by atoms with Crippen LogP contribution in [0.4, 0.5) is 4.39 Å². The van der Waals surface area contributed by atoms with Gasteiger partial charge in [-0.1, -0.05) is 18.0 Å². The third-order valence-corrected chi connectivity index (χ3v) is 4.48. The van der Waals surface area contributed by atoms with Gasteiger partial charge in [0.1, 0.15) is 5.82 Å². The second-order valence-corrected chi connectivity index (χ2v) is 6.03. The number of likely N-dealkylation sites (tertiary alicyclic amines) is 1. The van der Waals surface area contributed by atoms with Gasteiger partial charge in [0.2, 0.25) is 6.39 Å². The highest BCUT2D eigenvalue weighted by Crippen LogP contribution is 2.30. The van der Waals surface area contributed by atoms with Crippen LogP contribution in [0.15, 0.2) is 35.4 Å². The normalized spacial score (nSPS) is 18.3. The quantitative estimate of drug-likeness (QED) is 0.712. The Balaban J connectivity index is 1.74. The van der Waals surface area contributed by atoms with Gasteiger partial charge in [-0.25, -0.2) is 4.39 Å². The number of hydrogen-bond acceptors (Lipinski definition) is 6. The number of fused-ring (bicyclic) bond motifs is 1. The van der Waals surface area contributed by atoms with Gasteiger partial charge in [-0.3, -0.25) is 14.8 Å². The number of carbonyl (C=O) groups is 1. The van der Waals surface area contributed by atoms with Crippen LogP contribution in [0.1, 0.15) is 47.9 Å². The maximum Gasteiger partial charge on any atom is 0.257 e. The Hall–Kier alpha value is -2.90. The number of rotatable bonds is 2. The molecule has 25 heavy (non-hydrogen) atoms. The van der Waals surface area contributed by atoms with E-state index in [1.165, 1.54) is 30.9 Å². The first-order chi connectivity index (χ1) is 12.2. The summed E-state index contributed by atoms with van der Waals surface area (Å²) >= 11 is 0. The topological polar surface area (TPSA) is 85.0 Å². The van der Waals surface area contributed by atoms with E-state index in [4.69, 9.17) is 4.52 Å². The fraction of sp³-hybridized carbons (Fsp3) is 0.353. The van der Waals surface area contributed by atoms with E-state index < -0.39 is 5.82 Å². The maximum absolute atomic E-state index is 14.5. The Kier molecular flexibility index (Phi) is 4.09. The average molecular weight is 341 g/mol. The van der Waals surface area contributed by atoms with Gasteiger partial charge in [-0.05, 0) is 18.9 Å². The summed E-state index contributed by atoms with van der Waals surface area (Å²) in [7, 11) is 0. The van der Waals surface area contributed by atoms with Crippen molar-refractivity contribution in [2.75, 3.05) is 6.54 Å². The van der Waals surface area contributed by atoms with Crippen LogP contribution >= 0.6 is 0 Å². The Labute approximate surface area is 142 Å². The molecule has 1 saturated heterocycles. The molecule has 0 aliphatic carbocycles. The fourth-order valence-electron chi connectivity index (χ4n) is 3.25. The third kappa shape index (κ3) is 2.95. The standard InChI is InChI=1S/C17H16FN5O2/c18-12-9-14-13(19-5-6-20-14)8-11(12)17(24)23-7-3-1-2-4-15(23)16-21-10-25-22-16/h5-6,8-10,15H,1-4,7H2/t15-/m1/s1. The van der Waals surface area contributed by atoms with Crippen molar-refractivity contribution < 1.29 is 13.7 Å². The predicted molar refractivity (Wildman–Crippen MR) is 86.0 cm³/mol. The molecule has 4 rings (SSSR count). The molecule has 128 valence electrons. The average Bonchev–Trinajstić information content (AvgIpc) is 3.05. The first-order valence-corrected chi connectivity index (χ1v) is 8.21. The van der Waals surface area contributed by atoms with Crippen LogP contribution in [0, 0.1) is 5.82 Å². The SMILES string of the molecule is O=C(c1cc2nccnc2cc1F)N1CCCCC[C@@H]1c1ncon1. The van der Waals surface area contributed by atoms with Crippen molar-refractivity contribution in [2.24, 2.45) is 0 Å². The lowest BCUT2D eigenvalue weighted by molar-refractivity contribution is 0.0665. The minimum absolute atomic E-state index is 0.0107. The van der Waals surface area contributed by atoms with Crippen LogP contribution in [0.2, 0.25) is 0 Å². The number of benzene rings is 1. The molecule has 0 unspecified atom stereocenters. The number of carbonyl (C=O) groups excluding carboxylic acids is 1. The highest BCUT2D eigenvalue weighted by Gasteiger charge is 2.31. The number of nitrogens with zero attached hydrogens (tertiary/aromatic N) is 5. The van der Waals surface area contributed by atoms with Gasteiger partial charge < -0.3 is 9.42 Å². The summed E-state index contributed by atoms with van der Waals surface area (Å²) in [5, 5.41) is 3.88. The lowest BCUT2D eigenvalue weighted by Gasteiger charge is -2.28. The number of aromatic nitrogens is 4. The lowest BCUT2D eigenvalue weighted by Crippen LogP contribution is -2.35. The zero-order valence-corrected chi connectivity index (χ0v) is 13.4. The minimum atomic E-state index is -0.603. The largest absolute Gasteiger partial charge is 0.343 e. The zero-order chi connectivity index (χ0) is 17.2. The summed E-state index contributed by atoms with van der Waals surface area (Å²) in [5.41, 5.74) is 0.892. The second-order valence-electron chi connectivity index (χ2n) is 6.03. The van der Waals surface area contributed by atoms with Gasteiger partial charge in [0, 0.05) is 25.0 Å². The predicted octanol–water partition coefficient (Wildman–Crippen LogP) is 2.91. The highest BCUT2D eigenvalue weighted by molar-refractivity contribution is 5.97. The molecule has 0 bridgehead atoms. The number of halogens is 1. The zero-order valence-electron chi connectivity index (χ0n) is 13.4. The van der Waals surface area contributed by atoms with Crippen molar-refractivity contribution in [3.8, 4) is 0 Å². The minimum Gasteiger partial charge on any atom is -0.343 e. The first-order valence-electron chi connectivity index (χ1n) is 8.21. The van der Waals surface area contributed by atoms with Crippen molar-refractivity contribution >= 4 is 16.9 Å². The van der Waals surface area contributed by atoms with Crippen LogP contribution in [0.5, 0.6) is 0 Å². The van der Waals surface area contributed by atoms with Crippen molar-refractivity contribution in [2.45, 2.75) is 31.7 Å². The van der Waals surface area contributed by atoms with Crippen molar-refractivity contribution in [3.05, 3.63) is 48.1 Å². The molecule has 1 amide bonds. The van der Waals surface area contributed by atoms with Crippen molar-refractivity contribution in [3.63, 3.8) is 0 Å². The van der Waals surface area contributed by atoms with Crippen LogP contribution in [0.3, 0.4) is 0 Å². The highest BCUT2D eigenvalue weighted by atomic mass is 19.1. The number of hydrogen-bond donors (Lipinski definition) is 0. The van der Waals surface area contributed by atoms with E-state index in [0.717, 1.165) is 25.7 Å². The Morgan fingerprint density at radius 3 is 2.68 bits per heavy atom. The van der Waals surface area contributed by atoms with E-state index in [-0.39, 0.29) is 17.5 Å². The summed E-state index contributed by atoms with van der Waals surface area (Å²) in [6.07, 6.45) is 7.79. The molecule has 1 aliphatic heterocycles. The summed E-state index contributed by atoms with van der Waals surface area (Å²) in [5.74, 6) is -0.535. The molecule has 1 atom stereocenters. The van der Waals surface area contributed by atoms with Gasteiger partial charge in [0.15, 0.2) is 5.82 Å². The Morgan fingerprint density at radius 1 is 1.12 bits per heavy atom. The van der Waals surface area contributed by atoms with E-state index >= 15 is 0 Å². The molecule has 0 radical (unpaired) electrons. The lowest BCUT2D eigenvalue weighted by atomic mass is 10.1. The maximum atomic E-state index is 14.5. The Bertz CT molecular complexity index is 899. The third-order valence-electron chi connectivity index (χ3n) is 4.48. The molecule has 3 aromatic rings. The van der Waals surface area contributed by atoms with Gasteiger partial charge in [0.25, 0.3) is 5.91 Å². The van der Waals surface area contributed by atoms with Gasteiger partial charge in [-0.15, -0.1) is 0 Å². The van der Waals surface area contributed by atoms with E-state index in [0.29, 0.717) is 23.4 Å². The van der Waals surface area contributed by atoms with E-state index in [1.807, 2.05) is 0 Å². The fourth-order valence-corrected chi connectivity index (χ4v) is 3.25. The van der Waals surface area contributed by atoms with Gasteiger partial charge >= 0.3 is 0 Å². The Morgan fingerprint density at radius 2 is 1.92 bits per heavy atom. The molecule has 8 heteroatoms. The summed E-state index contributed by atoms with van der Waals surface area (Å²) < 4.78 is 19.4. The van der Waals surface area contributed by atoms with Gasteiger partial charge in [0.05, 0.1) is 22.6 Å². The molecule has 1 aromatic carbocycles. The van der Waals surface area contributed by atoms with Crippen LogP contribution < -0.4 is 0 Å². The van der Waals surface area contributed by atoms with E-state index in [2.05, 4.69) is 20.1 Å². The summed E-state index contributed by atoms with van der Waals surface area (Å²) in [6, 6.07) is 2.39. The molecule has 0 N–H and O–H groups in total. The molecule has 3 heterocycles. The smallest absolute Gasteiger partial charge is 0.257 e. The number of amides is 1. The van der Waals surface area contributed by atoms with Crippen LogP contribution in [0.25, 0.3) is 11.0 Å². The molecular formula is C17H16FN5O2. The van der Waals surface area contributed by atoms with E-state index in [9.17, 15) is 9.18 Å². The first kappa shape index (κ1) is 15.6. The summed E-state index contributed by atoms with van der Waals surface area (Å²) in [4.78, 5) is 27.0. The second kappa shape index (κ2) is 6.54. The van der Waals surface area contributed by atoms with Crippen molar-refractivity contribution in [1.29, 1.82) is 0 Å². The van der Waals surface area contributed by atoms with Crippen LogP contribution in [-0.2, 0) is 0 Å². The molecular weight excluding hydrogens is 325 g/mol. The van der Waals surface area contributed by atoms with Gasteiger partial charge in [-0.2, -0.15) is 4.98 Å². The molecule has 0 spiro atoms. The molecule has 2 aromatic heterocycles. The van der Waals surface area contributed by atoms with Crippen LogP contribution in [-0.4, -0.2) is 37.5 Å². The summed E-state index contributed by atoms with van der Waals surface area (Å²) in [6.45, 7) is 0.524.